The molecule has 0 saturated carbocycles. The standard InChI is InChI=1S/C12H17F2N/c1-2-3-4-7-15-9-10-5-6-11(13)8-12(10)14/h5-6,8,15H,2-4,7,9H2,1H3. The summed E-state index contributed by atoms with van der Waals surface area (Å²) in [7, 11) is 0. The summed E-state index contributed by atoms with van der Waals surface area (Å²) in [5.41, 5.74) is 0.521. The zero-order valence-electron chi connectivity index (χ0n) is 9.02. The molecule has 0 spiro atoms. The molecule has 1 rings (SSSR count). The molecule has 0 aliphatic heterocycles. The van der Waals surface area contributed by atoms with E-state index in [9.17, 15) is 8.78 Å². The van der Waals surface area contributed by atoms with Crippen LogP contribution in [0.3, 0.4) is 0 Å². The van der Waals surface area contributed by atoms with Crippen LogP contribution in [-0.2, 0) is 6.54 Å². The van der Waals surface area contributed by atoms with Gasteiger partial charge < -0.3 is 5.32 Å². The predicted molar refractivity (Wildman–Crippen MR) is 57.6 cm³/mol. The van der Waals surface area contributed by atoms with Crippen molar-refractivity contribution in [1.82, 2.24) is 5.32 Å². The van der Waals surface area contributed by atoms with Gasteiger partial charge in [0, 0.05) is 18.2 Å². The molecule has 1 N–H and O–H groups in total. The molecule has 0 aliphatic carbocycles. The molecule has 0 fully saturated rings. The Morgan fingerprint density at radius 3 is 2.67 bits per heavy atom. The first-order valence-corrected chi connectivity index (χ1v) is 5.38. The van der Waals surface area contributed by atoms with Crippen LogP contribution in [0.4, 0.5) is 8.78 Å². The highest BCUT2D eigenvalue weighted by atomic mass is 19.1. The van der Waals surface area contributed by atoms with Crippen molar-refractivity contribution in [1.29, 1.82) is 0 Å². The minimum atomic E-state index is -0.526. The smallest absolute Gasteiger partial charge is 0.130 e. The maximum absolute atomic E-state index is 13.1. The van der Waals surface area contributed by atoms with Crippen LogP contribution in [0, 0.1) is 11.6 Å². The van der Waals surface area contributed by atoms with Gasteiger partial charge in [-0.25, -0.2) is 8.78 Å². The first kappa shape index (κ1) is 12.1. The lowest BCUT2D eigenvalue weighted by Crippen LogP contribution is -2.15. The predicted octanol–water partition coefficient (Wildman–Crippen LogP) is 3.24. The van der Waals surface area contributed by atoms with Crippen LogP contribution in [0.5, 0.6) is 0 Å². The quantitative estimate of drug-likeness (QED) is 0.715. The van der Waals surface area contributed by atoms with Crippen molar-refractivity contribution in [2.75, 3.05) is 6.54 Å². The highest BCUT2D eigenvalue weighted by Crippen LogP contribution is 2.08. The summed E-state index contributed by atoms with van der Waals surface area (Å²) >= 11 is 0. The van der Waals surface area contributed by atoms with E-state index in [-0.39, 0.29) is 0 Å². The molecule has 0 saturated heterocycles. The van der Waals surface area contributed by atoms with Crippen molar-refractivity contribution in [2.24, 2.45) is 0 Å². The molecular weight excluding hydrogens is 196 g/mol. The SMILES string of the molecule is CCCCCNCc1ccc(F)cc1F. The molecule has 0 bridgehead atoms. The number of hydrogen-bond donors (Lipinski definition) is 1. The van der Waals surface area contributed by atoms with Crippen LogP contribution in [0.25, 0.3) is 0 Å². The summed E-state index contributed by atoms with van der Waals surface area (Å²) < 4.78 is 25.7. The zero-order valence-corrected chi connectivity index (χ0v) is 9.02. The van der Waals surface area contributed by atoms with Crippen LogP contribution in [0.1, 0.15) is 31.7 Å². The summed E-state index contributed by atoms with van der Waals surface area (Å²) in [5.74, 6) is -1.000. The molecule has 0 atom stereocenters. The first-order chi connectivity index (χ1) is 7.24. The topological polar surface area (TPSA) is 12.0 Å². The molecule has 84 valence electrons. The molecule has 1 nitrogen and oxygen atoms in total. The molecule has 0 unspecified atom stereocenters. The van der Waals surface area contributed by atoms with Crippen LogP contribution in [-0.4, -0.2) is 6.54 Å². The van der Waals surface area contributed by atoms with E-state index >= 15 is 0 Å². The van der Waals surface area contributed by atoms with Gasteiger partial charge in [-0.15, -0.1) is 0 Å². The molecule has 1 aromatic carbocycles. The lowest BCUT2D eigenvalue weighted by atomic mass is 10.2. The Morgan fingerprint density at radius 2 is 2.00 bits per heavy atom. The molecule has 0 aromatic heterocycles. The Kier molecular flexibility index (Phi) is 5.26. The maximum Gasteiger partial charge on any atom is 0.130 e. The monoisotopic (exact) mass is 213 g/mol. The van der Waals surface area contributed by atoms with Crippen molar-refractivity contribution in [3.63, 3.8) is 0 Å². The molecule has 0 heterocycles. The van der Waals surface area contributed by atoms with Gasteiger partial charge in [0.15, 0.2) is 0 Å². The molecule has 0 aliphatic rings. The third kappa shape index (κ3) is 4.38. The van der Waals surface area contributed by atoms with E-state index in [0.29, 0.717) is 12.1 Å². The maximum atomic E-state index is 13.1. The third-order valence-corrected chi connectivity index (χ3v) is 2.29. The molecular formula is C12H17F2N. The zero-order chi connectivity index (χ0) is 11.1. The number of halogens is 2. The number of hydrogen-bond acceptors (Lipinski definition) is 1. The second-order valence-corrected chi connectivity index (χ2v) is 3.62. The van der Waals surface area contributed by atoms with E-state index in [1.165, 1.54) is 25.0 Å². The Hall–Kier alpha value is -0.960. The van der Waals surface area contributed by atoms with Gasteiger partial charge in [0.25, 0.3) is 0 Å². The molecule has 1 aromatic rings. The molecule has 0 radical (unpaired) electrons. The molecule has 0 amide bonds. The van der Waals surface area contributed by atoms with Crippen molar-refractivity contribution in [3.05, 3.63) is 35.4 Å². The summed E-state index contributed by atoms with van der Waals surface area (Å²) in [4.78, 5) is 0. The summed E-state index contributed by atoms with van der Waals surface area (Å²) in [6.45, 7) is 3.49. The van der Waals surface area contributed by atoms with Crippen molar-refractivity contribution in [2.45, 2.75) is 32.7 Å². The summed E-state index contributed by atoms with van der Waals surface area (Å²) in [5, 5.41) is 3.13. The lowest BCUT2D eigenvalue weighted by molar-refractivity contribution is 0.554. The normalized spacial score (nSPS) is 10.6. The Morgan fingerprint density at radius 1 is 1.20 bits per heavy atom. The van der Waals surface area contributed by atoms with Crippen molar-refractivity contribution >= 4 is 0 Å². The van der Waals surface area contributed by atoms with E-state index in [1.54, 1.807) is 0 Å². The molecule has 15 heavy (non-hydrogen) atoms. The third-order valence-electron chi connectivity index (χ3n) is 2.29. The number of benzene rings is 1. The van der Waals surface area contributed by atoms with Gasteiger partial charge >= 0.3 is 0 Å². The van der Waals surface area contributed by atoms with Crippen LogP contribution >= 0.6 is 0 Å². The van der Waals surface area contributed by atoms with E-state index in [1.807, 2.05) is 0 Å². The number of nitrogens with one attached hydrogen (secondary N) is 1. The average molecular weight is 213 g/mol. The van der Waals surface area contributed by atoms with Gasteiger partial charge in [0.2, 0.25) is 0 Å². The Bertz CT molecular complexity index is 300. The number of rotatable bonds is 6. The largest absolute Gasteiger partial charge is 0.313 e. The Balaban J connectivity index is 2.31. The van der Waals surface area contributed by atoms with Crippen molar-refractivity contribution in [3.8, 4) is 0 Å². The Labute approximate surface area is 89.5 Å². The fraction of sp³-hybridized carbons (Fsp3) is 0.500. The van der Waals surface area contributed by atoms with Gasteiger partial charge in [0.05, 0.1) is 0 Å². The van der Waals surface area contributed by atoms with Crippen molar-refractivity contribution < 1.29 is 8.78 Å². The average Bonchev–Trinajstić information content (AvgIpc) is 2.20. The second kappa shape index (κ2) is 6.51. The van der Waals surface area contributed by atoms with Gasteiger partial charge in [-0.3, -0.25) is 0 Å². The number of unbranched alkanes of at least 4 members (excludes halogenated alkanes) is 2. The van der Waals surface area contributed by atoms with E-state index < -0.39 is 11.6 Å². The minimum absolute atomic E-state index is 0.468. The van der Waals surface area contributed by atoms with Crippen LogP contribution in [0.2, 0.25) is 0 Å². The van der Waals surface area contributed by atoms with Gasteiger partial charge in [-0.1, -0.05) is 25.8 Å². The first-order valence-electron chi connectivity index (χ1n) is 5.38. The highest BCUT2D eigenvalue weighted by molar-refractivity contribution is 5.18. The van der Waals surface area contributed by atoms with Gasteiger partial charge in [-0.2, -0.15) is 0 Å². The van der Waals surface area contributed by atoms with E-state index in [0.717, 1.165) is 19.0 Å². The van der Waals surface area contributed by atoms with Gasteiger partial charge in [0.1, 0.15) is 11.6 Å². The minimum Gasteiger partial charge on any atom is -0.313 e. The van der Waals surface area contributed by atoms with E-state index in [2.05, 4.69) is 12.2 Å². The summed E-state index contributed by atoms with van der Waals surface area (Å²) in [6, 6.07) is 3.69. The summed E-state index contributed by atoms with van der Waals surface area (Å²) in [6.07, 6.45) is 3.45. The molecule has 3 heteroatoms. The second-order valence-electron chi connectivity index (χ2n) is 3.62. The highest BCUT2D eigenvalue weighted by Gasteiger charge is 2.02. The fourth-order valence-corrected chi connectivity index (χ4v) is 1.39. The lowest BCUT2D eigenvalue weighted by Gasteiger charge is -2.05. The van der Waals surface area contributed by atoms with Gasteiger partial charge in [-0.05, 0) is 19.0 Å². The van der Waals surface area contributed by atoms with Crippen LogP contribution in [0.15, 0.2) is 18.2 Å². The van der Waals surface area contributed by atoms with Crippen LogP contribution < -0.4 is 5.32 Å². The fourth-order valence-electron chi connectivity index (χ4n) is 1.39. The van der Waals surface area contributed by atoms with E-state index in [4.69, 9.17) is 0 Å².